The SMILES string of the molecule is OCc1ccc(-c2ccccc2)cc1-c1ccccc1. The first-order valence-corrected chi connectivity index (χ1v) is 6.73. The highest BCUT2D eigenvalue weighted by Gasteiger charge is 2.06. The van der Waals surface area contributed by atoms with Gasteiger partial charge in [0.1, 0.15) is 0 Å². The van der Waals surface area contributed by atoms with E-state index in [2.05, 4.69) is 36.4 Å². The fraction of sp³-hybridized carbons (Fsp3) is 0.0526. The second kappa shape index (κ2) is 5.72. The van der Waals surface area contributed by atoms with Crippen LogP contribution in [0.5, 0.6) is 0 Å². The van der Waals surface area contributed by atoms with Crippen molar-refractivity contribution in [3.8, 4) is 22.3 Å². The lowest BCUT2D eigenvalue weighted by atomic mass is 9.95. The lowest BCUT2D eigenvalue weighted by Gasteiger charge is -2.11. The van der Waals surface area contributed by atoms with Crippen molar-refractivity contribution in [1.82, 2.24) is 0 Å². The zero-order valence-electron chi connectivity index (χ0n) is 11.2. The van der Waals surface area contributed by atoms with Gasteiger partial charge in [0, 0.05) is 0 Å². The van der Waals surface area contributed by atoms with E-state index in [1.165, 1.54) is 11.1 Å². The molecule has 0 aliphatic carbocycles. The monoisotopic (exact) mass is 260 g/mol. The normalized spacial score (nSPS) is 10.4. The molecule has 0 unspecified atom stereocenters. The molecule has 3 aromatic rings. The van der Waals surface area contributed by atoms with Crippen molar-refractivity contribution in [3.63, 3.8) is 0 Å². The summed E-state index contributed by atoms with van der Waals surface area (Å²) >= 11 is 0. The highest BCUT2D eigenvalue weighted by molar-refractivity contribution is 5.75. The summed E-state index contributed by atoms with van der Waals surface area (Å²) in [5.41, 5.74) is 5.54. The summed E-state index contributed by atoms with van der Waals surface area (Å²) < 4.78 is 0. The van der Waals surface area contributed by atoms with Gasteiger partial charge in [-0.1, -0.05) is 72.8 Å². The number of benzene rings is 3. The van der Waals surface area contributed by atoms with Crippen molar-refractivity contribution in [2.24, 2.45) is 0 Å². The molecule has 0 atom stereocenters. The molecule has 0 aliphatic rings. The van der Waals surface area contributed by atoms with Gasteiger partial charge in [-0.05, 0) is 33.9 Å². The molecule has 0 bridgehead atoms. The van der Waals surface area contributed by atoms with Crippen molar-refractivity contribution in [2.75, 3.05) is 0 Å². The molecule has 1 heteroatoms. The summed E-state index contributed by atoms with van der Waals surface area (Å²) in [6.45, 7) is 0.0549. The van der Waals surface area contributed by atoms with E-state index in [0.717, 1.165) is 16.7 Å². The molecule has 1 N–H and O–H groups in total. The second-order valence-corrected chi connectivity index (χ2v) is 4.76. The molecule has 0 radical (unpaired) electrons. The summed E-state index contributed by atoms with van der Waals surface area (Å²) in [6, 6.07) is 26.7. The van der Waals surface area contributed by atoms with Gasteiger partial charge in [0.15, 0.2) is 0 Å². The van der Waals surface area contributed by atoms with Crippen LogP contribution in [0.2, 0.25) is 0 Å². The van der Waals surface area contributed by atoms with E-state index in [1.807, 2.05) is 42.5 Å². The predicted molar refractivity (Wildman–Crippen MR) is 83.2 cm³/mol. The minimum atomic E-state index is 0.0549. The number of aliphatic hydroxyl groups is 1. The Hall–Kier alpha value is -2.38. The van der Waals surface area contributed by atoms with E-state index in [4.69, 9.17) is 0 Å². The van der Waals surface area contributed by atoms with Gasteiger partial charge in [0.05, 0.1) is 6.61 Å². The van der Waals surface area contributed by atoms with Gasteiger partial charge in [0.25, 0.3) is 0 Å². The van der Waals surface area contributed by atoms with E-state index in [-0.39, 0.29) is 6.61 Å². The van der Waals surface area contributed by atoms with Crippen LogP contribution >= 0.6 is 0 Å². The van der Waals surface area contributed by atoms with Crippen LogP contribution in [0, 0.1) is 0 Å². The molecule has 0 fully saturated rings. The minimum absolute atomic E-state index is 0.0549. The number of rotatable bonds is 3. The summed E-state index contributed by atoms with van der Waals surface area (Å²) in [5.74, 6) is 0. The third-order valence-electron chi connectivity index (χ3n) is 3.47. The molecule has 0 saturated heterocycles. The van der Waals surface area contributed by atoms with Crippen LogP contribution in [-0.4, -0.2) is 5.11 Å². The first kappa shape index (κ1) is 12.6. The number of hydrogen-bond acceptors (Lipinski definition) is 1. The maximum Gasteiger partial charge on any atom is 0.0687 e. The fourth-order valence-corrected chi connectivity index (χ4v) is 2.41. The van der Waals surface area contributed by atoms with Crippen LogP contribution in [0.15, 0.2) is 78.9 Å². The molecule has 1 nitrogen and oxygen atoms in total. The molecule has 3 aromatic carbocycles. The highest BCUT2D eigenvalue weighted by atomic mass is 16.3. The van der Waals surface area contributed by atoms with Gasteiger partial charge in [-0.15, -0.1) is 0 Å². The Balaban J connectivity index is 2.13. The van der Waals surface area contributed by atoms with Crippen molar-refractivity contribution in [2.45, 2.75) is 6.61 Å². The van der Waals surface area contributed by atoms with Crippen molar-refractivity contribution in [1.29, 1.82) is 0 Å². The molecule has 98 valence electrons. The standard InChI is InChI=1S/C19H16O/c20-14-18-12-11-17(15-7-3-1-4-8-15)13-19(18)16-9-5-2-6-10-16/h1-13,20H,14H2. The lowest BCUT2D eigenvalue weighted by molar-refractivity contribution is 0.282. The van der Waals surface area contributed by atoms with Gasteiger partial charge in [0.2, 0.25) is 0 Å². The molecular formula is C19H16O. The Morgan fingerprint density at radius 1 is 0.600 bits per heavy atom. The first-order valence-electron chi connectivity index (χ1n) is 6.73. The molecular weight excluding hydrogens is 244 g/mol. The van der Waals surface area contributed by atoms with Crippen LogP contribution in [0.25, 0.3) is 22.3 Å². The van der Waals surface area contributed by atoms with E-state index in [9.17, 15) is 5.11 Å². The zero-order valence-corrected chi connectivity index (χ0v) is 11.2. The summed E-state index contributed by atoms with van der Waals surface area (Å²) in [7, 11) is 0. The summed E-state index contributed by atoms with van der Waals surface area (Å²) in [5, 5.41) is 9.54. The predicted octanol–water partition coefficient (Wildman–Crippen LogP) is 4.51. The van der Waals surface area contributed by atoms with Crippen LogP contribution in [-0.2, 0) is 6.61 Å². The maximum absolute atomic E-state index is 9.54. The smallest absolute Gasteiger partial charge is 0.0687 e. The van der Waals surface area contributed by atoms with E-state index in [0.29, 0.717) is 0 Å². The summed E-state index contributed by atoms with van der Waals surface area (Å²) in [6.07, 6.45) is 0. The van der Waals surface area contributed by atoms with Crippen molar-refractivity contribution < 1.29 is 5.11 Å². The first-order chi connectivity index (χ1) is 9.88. The third kappa shape index (κ3) is 2.49. The Morgan fingerprint density at radius 3 is 1.80 bits per heavy atom. The lowest BCUT2D eigenvalue weighted by Crippen LogP contribution is -1.90. The van der Waals surface area contributed by atoms with Gasteiger partial charge < -0.3 is 5.11 Å². The topological polar surface area (TPSA) is 20.2 Å². The van der Waals surface area contributed by atoms with Gasteiger partial charge in [-0.3, -0.25) is 0 Å². The number of hydrogen-bond donors (Lipinski definition) is 1. The van der Waals surface area contributed by atoms with E-state index >= 15 is 0 Å². The molecule has 0 saturated carbocycles. The molecule has 0 heterocycles. The Morgan fingerprint density at radius 2 is 1.20 bits per heavy atom. The fourth-order valence-electron chi connectivity index (χ4n) is 2.41. The molecule has 3 rings (SSSR count). The molecule has 0 amide bonds. The average molecular weight is 260 g/mol. The molecule has 20 heavy (non-hydrogen) atoms. The molecule has 0 aromatic heterocycles. The Bertz CT molecular complexity index is 687. The van der Waals surface area contributed by atoms with Crippen molar-refractivity contribution >= 4 is 0 Å². The van der Waals surface area contributed by atoms with Crippen molar-refractivity contribution in [3.05, 3.63) is 84.4 Å². The van der Waals surface area contributed by atoms with Crippen LogP contribution < -0.4 is 0 Å². The third-order valence-corrected chi connectivity index (χ3v) is 3.47. The Kier molecular flexibility index (Phi) is 3.62. The maximum atomic E-state index is 9.54. The quantitative estimate of drug-likeness (QED) is 0.734. The van der Waals surface area contributed by atoms with Gasteiger partial charge >= 0.3 is 0 Å². The van der Waals surface area contributed by atoms with E-state index in [1.54, 1.807) is 0 Å². The minimum Gasteiger partial charge on any atom is -0.392 e. The highest BCUT2D eigenvalue weighted by Crippen LogP contribution is 2.29. The van der Waals surface area contributed by atoms with Gasteiger partial charge in [-0.25, -0.2) is 0 Å². The van der Waals surface area contributed by atoms with Crippen LogP contribution in [0.1, 0.15) is 5.56 Å². The largest absolute Gasteiger partial charge is 0.392 e. The average Bonchev–Trinajstić information content (AvgIpc) is 2.56. The second-order valence-electron chi connectivity index (χ2n) is 4.76. The van der Waals surface area contributed by atoms with E-state index < -0.39 is 0 Å². The van der Waals surface area contributed by atoms with Crippen LogP contribution in [0.3, 0.4) is 0 Å². The van der Waals surface area contributed by atoms with Gasteiger partial charge in [-0.2, -0.15) is 0 Å². The molecule has 0 spiro atoms. The summed E-state index contributed by atoms with van der Waals surface area (Å²) in [4.78, 5) is 0. The number of aliphatic hydroxyl groups excluding tert-OH is 1. The van der Waals surface area contributed by atoms with Crippen LogP contribution in [0.4, 0.5) is 0 Å². The molecule has 0 aliphatic heterocycles. The zero-order chi connectivity index (χ0) is 13.8. The Labute approximate surface area is 119 Å².